The minimum absolute atomic E-state index is 0.138. The van der Waals surface area contributed by atoms with Gasteiger partial charge in [-0.2, -0.15) is 5.26 Å². The number of allylic oxidation sites excluding steroid dienone is 1. The van der Waals surface area contributed by atoms with E-state index in [1.54, 1.807) is 6.92 Å². The van der Waals surface area contributed by atoms with Crippen LogP contribution in [0.2, 0.25) is 0 Å². The van der Waals surface area contributed by atoms with Crippen LogP contribution in [0.5, 0.6) is 0 Å². The fourth-order valence-electron chi connectivity index (χ4n) is 1.58. The third kappa shape index (κ3) is 3.28. The van der Waals surface area contributed by atoms with Gasteiger partial charge in [0, 0.05) is 12.2 Å². The SMILES string of the molecule is CCOC(=O)/C(C#N)=C1/CCCCCN1. The van der Waals surface area contributed by atoms with Crippen LogP contribution < -0.4 is 5.32 Å². The summed E-state index contributed by atoms with van der Waals surface area (Å²) in [5.41, 5.74) is 0.882. The lowest BCUT2D eigenvalue weighted by Gasteiger charge is -2.08. The first-order chi connectivity index (χ1) is 7.29. The topological polar surface area (TPSA) is 62.1 Å². The van der Waals surface area contributed by atoms with E-state index in [0.717, 1.165) is 37.9 Å². The van der Waals surface area contributed by atoms with Crippen molar-refractivity contribution in [2.75, 3.05) is 13.2 Å². The minimum Gasteiger partial charge on any atom is -0.462 e. The molecule has 0 atom stereocenters. The van der Waals surface area contributed by atoms with Crippen molar-refractivity contribution in [1.29, 1.82) is 5.26 Å². The first-order valence-corrected chi connectivity index (χ1v) is 5.33. The van der Waals surface area contributed by atoms with Crippen molar-refractivity contribution < 1.29 is 9.53 Å². The minimum atomic E-state index is -0.510. The van der Waals surface area contributed by atoms with Crippen LogP contribution in [0.3, 0.4) is 0 Å². The molecule has 0 bridgehead atoms. The Labute approximate surface area is 89.9 Å². The van der Waals surface area contributed by atoms with Gasteiger partial charge in [-0.05, 0) is 26.2 Å². The van der Waals surface area contributed by atoms with Crippen LogP contribution in [0.4, 0.5) is 0 Å². The molecule has 1 aliphatic rings. The summed E-state index contributed by atoms with van der Waals surface area (Å²) in [5.74, 6) is -0.510. The maximum Gasteiger partial charge on any atom is 0.350 e. The van der Waals surface area contributed by atoms with Crippen molar-refractivity contribution in [3.8, 4) is 6.07 Å². The predicted octanol–water partition coefficient (Wildman–Crippen LogP) is 1.49. The lowest BCUT2D eigenvalue weighted by atomic mass is 10.1. The molecule has 82 valence electrons. The fourth-order valence-corrected chi connectivity index (χ4v) is 1.58. The number of nitrogens with zero attached hydrogens (tertiary/aromatic N) is 1. The van der Waals surface area contributed by atoms with Crippen LogP contribution in [0.1, 0.15) is 32.6 Å². The lowest BCUT2D eigenvalue weighted by molar-refractivity contribution is -0.138. The summed E-state index contributed by atoms with van der Waals surface area (Å²) in [6.07, 6.45) is 4.01. The molecule has 1 fully saturated rings. The van der Waals surface area contributed by atoms with E-state index in [0.29, 0.717) is 6.61 Å². The van der Waals surface area contributed by atoms with Crippen LogP contribution >= 0.6 is 0 Å². The predicted molar refractivity (Wildman–Crippen MR) is 55.7 cm³/mol. The summed E-state index contributed by atoms with van der Waals surface area (Å²) in [6.45, 7) is 2.87. The Balaban J connectivity index is 2.81. The summed E-state index contributed by atoms with van der Waals surface area (Å²) in [7, 11) is 0. The molecule has 0 radical (unpaired) electrons. The molecule has 0 spiro atoms. The number of carbonyl (C=O) groups excluding carboxylic acids is 1. The van der Waals surface area contributed by atoms with Crippen LogP contribution in [-0.4, -0.2) is 19.1 Å². The summed E-state index contributed by atoms with van der Waals surface area (Å²) < 4.78 is 4.83. The van der Waals surface area contributed by atoms with Gasteiger partial charge in [0.2, 0.25) is 0 Å². The zero-order chi connectivity index (χ0) is 11.1. The summed E-state index contributed by atoms with van der Waals surface area (Å²) in [4.78, 5) is 11.4. The van der Waals surface area contributed by atoms with E-state index >= 15 is 0 Å². The molecule has 0 amide bonds. The first-order valence-electron chi connectivity index (χ1n) is 5.33. The molecular formula is C11H16N2O2. The van der Waals surface area contributed by atoms with Gasteiger partial charge in [0.25, 0.3) is 0 Å². The van der Waals surface area contributed by atoms with Gasteiger partial charge in [-0.1, -0.05) is 6.42 Å². The monoisotopic (exact) mass is 208 g/mol. The highest BCUT2D eigenvalue weighted by atomic mass is 16.5. The maximum absolute atomic E-state index is 11.4. The van der Waals surface area contributed by atoms with E-state index in [2.05, 4.69) is 5.32 Å². The fraction of sp³-hybridized carbons (Fsp3) is 0.636. The van der Waals surface area contributed by atoms with Gasteiger partial charge in [0.1, 0.15) is 6.07 Å². The van der Waals surface area contributed by atoms with Gasteiger partial charge >= 0.3 is 5.97 Å². The number of esters is 1. The second kappa shape index (κ2) is 6.07. The summed E-state index contributed by atoms with van der Waals surface area (Å²) in [6, 6.07) is 1.93. The third-order valence-electron chi connectivity index (χ3n) is 2.34. The first kappa shape index (κ1) is 11.6. The van der Waals surface area contributed by atoms with Gasteiger partial charge in [-0.3, -0.25) is 0 Å². The molecule has 15 heavy (non-hydrogen) atoms. The molecule has 1 N–H and O–H groups in total. The Hall–Kier alpha value is -1.50. The summed E-state index contributed by atoms with van der Waals surface area (Å²) in [5, 5.41) is 12.0. The number of rotatable bonds is 2. The molecule has 4 heteroatoms. The van der Waals surface area contributed by atoms with E-state index in [-0.39, 0.29) is 5.57 Å². The second-order valence-electron chi connectivity index (χ2n) is 3.42. The molecular weight excluding hydrogens is 192 g/mol. The molecule has 0 aromatic carbocycles. The number of ether oxygens (including phenoxy) is 1. The van der Waals surface area contributed by atoms with Crippen molar-refractivity contribution in [3.63, 3.8) is 0 Å². The largest absolute Gasteiger partial charge is 0.462 e. The Kier molecular flexibility index (Phi) is 4.69. The van der Waals surface area contributed by atoms with Crippen molar-refractivity contribution in [2.24, 2.45) is 0 Å². The quantitative estimate of drug-likeness (QED) is 0.424. The van der Waals surface area contributed by atoms with Crippen molar-refractivity contribution in [3.05, 3.63) is 11.3 Å². The molecule has 0 saturated carbocycles. The molecule has 0 aromatic heterocycles. The average Bonchev–Trinajstić information content (AvgIpc) is 2.48. The Morgan fingerprint density at radius 3 is 3.00 bits per heavy atom. The number of carbonyl (C=O) groups is 1. The zero-order valence-electron chi connectivity index (χ0n) is 9.01. The molecule has 1 aliphatic heterocycles. The van der Waals surface area contributed by atoms with E-state index in [1.165, 1.54) is 0 Å². The highest BCUT2D eigenvalue weighted by molar-refractivity contribution is 5.93. The maximum atomic E-state index is 11.4. The highest BCUT2D eigenvalue weighted by Crippen LogP contribution is 2.15. The summed E-state index contributed by atoms with van der Waals surface area (Å²) >= 11 is 0. The molecule has 0 aliphatic carbocycles. The van der Waals surface area contributed by atoms with E-state index in [4.69, 9.17) is 10.00 Å². The van der Waals surface area contributed by atoms with Crippen LogP contribution in [0, 0.1) is 11.3 Å². The van der Waals surface area contributed by atoms with Crippen molar-refractivity contribution in [1.82, 2.24) is 5.32 Å². The number of hydrogen-bond acceptors (Lipinski definition) is 4. The van der Waals surface area contributed by atoms with Crippen LogP contribution in [0.15, 0.2) is 11.3 Å². The molecule has 0 unspecified atom stereocenters. The average molecular weight is 208 g/mol. The lowest BCUT2D eigenvalue weighted by Crippen LogP contribution is -2.18. The number of nitrogens with one attached hydrogen (secondary N) is 1. The van der Waals surface area contributed by atoms with Gasteiger partial charge in [0.15, 0.2) is 5.57 Å². The van der Waals surface area contributed by atoms with Crippen molar-refractivity contribution >= 4 is 5.97 Å². The molecule has 1 saturated heterocycles. The van der Waals surface area contributed by atoms with E-state index in [1.807, 2.05) is 6.07 Å². The third-order valence-corrected chi connectivity index (χ3v) is 2.34. The molecule has 1 rings (SSSR count). The number of nitriles is 1. The van der Waals surface area contributed by atoms with Gasteiger partial charge in [-0.15, -0.1) is 0 Å². The van der Waals surface area contributed by atoms with Crippen molar-refractivity contribution in [2.45, 2.75) is 32.6 Å². The zero-order valence-corrected chi connectivity index (χ0v) is 9.01. The molecule has 0 aromatic rings. The van der Waals surface area contributed by atoms with Gasteiger partial charge in [-0.25, -0.2) is 4.79 Å². The van der Waals surface area contributed by atoms with Crippen LogP contribution in [0.25, 0.3) is 0 Å². The Morgan fingerprint density at radius 1 is 1.53 bits per heavy atom. The Bertz CT molecular complexity index is 292. The Morgan fingerprint density at radius 2 is 2.33 bits per heavy atom. The normalized spacial score (nSPS) is 19.5. The van der Waals surface area contributed by atoms with Gasteiger partial charge < -0.3 is 10.1 Å². The molecule has 1 heterocycles. The number of hydrogen-bond donors (Lipinski definition) is 1. The standard InChI is InChI=1S/C11H16N2O2/c1-2-15-11(14)9(8-12)10-6-4-3-5-7-13-10/h13H,2-7H2,1H3/b10-9-. The van der Waals surface area contributed by atoms with E-state index in [9.17, 15) is 4.79 Å². The van der Waals surface area contributed by atoms with E-state index < -0.39 is 5.97 Å². The second-order valence-corrected chi connectivity index (χ2v) is 3.42. The highest BCUT2D eigenvalue weighted by Gasteiger charge is 2.17. The van der Waals surface area contributed by atoms with Crippen LogP contribution in [-0.2, 0) is 9.53 Å². The smallest absolute Gasteiger partial charge is 0.350 e. The van der Waals surface area contributed by atoms with Gasteiger partial charge in [0.05, 0.1) is 6.61 Å². The molecule has 4 nitrogen and oxygen atoms in total.